The van der Waals surface area contributed by atoms with E-state index in [2.05, 4.69) is 202 Å². The Balaban J connectivity index is 1.07. The summed E-state index contributed by atoms with van der Waals surface area (Å²) in [4.78, 5) is 10.4. The van der Waals surface area contributed by atoms with E-state index >= 15 is 0 Å². The molecule has 9 aromatic carbocycles. The lowest BCUT2D eigenvalue weighted by molar-refractivity contribution is 0.661. The normalized spacial score (nSPS) is 12.7. The SMILES string of the molecule is CC1(C)c2cc3ccccc3cc2-c2c(-c3ccccc3-c3ccc(-c4cc(-c5ccc(-c6ccccc6)cc5)nc(-c5ccccc5)n4)c4ccccc34)cccc21. The van der Waals surface area contributed by atoms with Crippen molar-refractivity contribution in [3.05, 3.63) is 217 Å². The minimum absolute atomic E-state index is 0.118. The summed E-state index contributed by atoms with van der Waals surface area (Å²) in [6, 6.07) is 74.3. The molecule has 0 unspecified atom stereocenters. The van der Waals surface area contributed by atoms with Gasteiger partial charge in [0.05, 0.1) is 11.4 Å². The largest absolute Gasteiger partial charge is 0.228 e. The first-order valence-electron chi connectivity index (χ1n) is 20.4. The van der Waals surface area contributed by atoms with Gasteiger partial charge in [0.1, 0.15) is 0 Å². The lowest BCUT2D eigenvalue weighted by Gasteiger charge is -2.22. The van der Waals surface area contributed by atoms with E-state index in [0.717, 1.165) is 33.5 Å². The molecule has 0 saturated carbocycles. The third-order valence-corrected chi connectivity index (χ3v) is 12.3. The molecule has 0 radical (unpaired) electrons. The van der Waals surface area contributed by atoms with E-state index in [1.807, 2.05) is 18.2 Å². The number of aromatic nitrogens is 2. The van der Waals surface area contributed by atoms with Crippen LogP contribution in [0.3, 0.4) is 0 Å². The summed E-state index contributed by atoms with van der Waals surface area (Å²) < 4.78 is 0. The Bertz CT molecular complexity index is 3220. The highest BCUT2D eigenvalue weighted by atomic mass is 14.9. The summed E-state index contributed by atoms with van der Waals surface area (Å²) in [5.74, 6) is 0.706. The first kappa shape index (κ1) is 34.8. The Labute approximate surface area is 345 Å². The van der Waals surface area contributed by atoms with Crippen LogP contribution in [0.5, 0.6) is 0 Å². The molecule has 2 nitrogen and oxygen atoms in total. The van der Waals surface area contributed by atoms with Gasteiger partial charge < -0.3 is 0 Å². The molecule has 0 fully saturated rings. The molecule has 2 heteroatoms. The summed E-state index contributed by atoms with van der Waals surface area (Å²) in [5, 5.41) is 4.89. The maximum Gasteiger partial charge on any atom is 0.160 e. The Kier molecular flexibility index (Phi) is 8.20. The predicted octanol–water partition coefficient (Wildman–Crippen LogP) is 15.1. The number of rotatable bonds is 6. The van der Waals surface area contributed by atoms with Crippen LogP contribution in [-0.2, 0) is 5.41 Å². The molecule has 1 aromatic heterocycles. The van der Waals surface area contributed by atoms with Gasteiger partial charge in [0, 0.05) is 22.1 Å². The molecule has 0 amide bonds. The molecule has 59 heavy (non-hydrogen) atoms. The van der Waals surface area contributed by atoms with Crippen LogP contribution in [-0.4, -0.2) is 9.97 Å². The van der Waals surface area contributed by atoms with Gasteiger partial charge >= 0.3 is 0 Å². The van der Waals surface area contributed by atoms with Crippen molar-refractivity contribution in [3.8, 4) is 78.4 Å². The van der Waals surface area contributed by atoms with Crippen molar-refractivity contribution in [2.45, 2.75) is 19.3 Å². The van der Waals surface area contributed by atoms with Crippen molar-refractivity contribution in [1.82, 2.24) is 9.97 Å². The molecule has 0 spiro atoms. The van der Waals surface area contributed by atoms with Gasteiger partial charge in [-0.15, -0.1) is 0 Å². The molecule has 0 bridgehead atoms. The first-order chi connectivity index (χ1) is 29.0. The summed E-state index contributed by atoms with van der Waals surface area (Å²) in [6.45, 7) is 4.74. The van der Waals surface area contributed by atoms with E-state index in [9.17, 15) is 0 Å². The fourth-order valence-corrected chi connectivity index (χ4v) is 9.32. The van der Waals surface area contributed by atoms with Crippen molar-refractivity contribution in [3.63, 3.8) is 0 Å². The van der Waals surface area contributed by atoms with Crippen LogP contribution >= 0.6 is 0 Å². The summed E-state index contributed by atoms with van der Waals surface area (Å²) in [7, 11) is 0. The number of fused-ring (bicyclic) bond motifs is 5. The highest BCUT2D eigenvalue weighted by Gasteiger charge is 2.37. The van der Waals surface area contributed by atoms with Gasteiger partial charge in [-0.05, 0) is 95.4 Å². The zero-order chi connectivity index (χ0) is 39.5. The number of benzene rings is 9. The van der Waals surface area contributed by atoms with Crippen LogP contribution in [0.4, 0.5) is 0 Å². The van der Waals surface area contributed by atoms with Gasteiger partial charge in [0.2, 0.25) is 0 Å². The van der Waals surface area contributed by atoms with Crippen molar-refractivity contribution in [1.29, 1.82) is 0 Å². The highest BCUT2D eigenvalue weighted by molar-refractivity contribution is 6.08. The quantitative estimate of drug-likeness (QED) is 0.169. The van der Waals surface area contributed by atoms with Gasteiger partial charge in [-0.2, -0.15) is 0 Å². The number of hydrogen-bond acceptors (Lipinski definition) is 2. The average molecular weight is 753 g/mol. The van der Waals surface area contributed by atoms with Gasteiger partial charge in [-0.3, -0.25) is 0 Å². The number of hydrogen-bond donors (Lipinski definition) is 0. The van der Waals surface area contributed by atoms with Crippen LogP contribution < -0.4 is 0 Å². The predicted molar refractivity (Wildman–Crippen MR) is 247 cm³/mol. The summed E-state index contributed by atoms with van der Waals surface area (Å²) in [5.41, 5.74) is 17.5. The molecule has 1 aliphatic rings. The monoisotopic (exact) mass is 752 g/mol. The van der Waals surface area contributed by atoms with E-state index < -0.39 is 0 Å². The second kappa shape index (κ2) is 13.9. The van der Waals surface area contributed by atoms with Gasteiger partial charge in [0.15, 0.2) is 5.82 Å². The van der Waals surface area contributed by atoms with Gasteiger partial charge in [0.25, 0.3) is 0 Å². The molecular weight excluding hydrogens is 713 g/mol. The zero-order valence-corrected chi connectivity index (χ0v) is 33.0. The first-order valence-corrected chi connectivity index (χ1v) is 20.4. The molecular formula is C57H40N2. The second-order valence-electron chi connectivity index (χ2n) is 16.1. The molecule has 1 aliphatic carbocycles. The Morgan fingerprint density at radius 3 is 1.58 bits per heavy atom. The molecule has 278 valence electrons. The Morgan fingerprint density at radius 2 is 0.847 bits per heavy atom. The van der Waals surface area contributed by atoms with Crippen LogP contribution in [0, 0.1) is 0 Å². The van der Waals surface area contributed by atoms with Crippen LogP contribution in [0.25, 0.3) is 100.0 Å². The molecule has 0 saturated heterocycles. The second-order valence-corrected chi connectivity index (χ2v) is 16.1. The lowest BCUT2D eigenvalue weighted by atomic mass is 9.81. The molecule has 1 heterocycles. The fraction of sp³-hybridized carbons (Fsp3) is 0.0526. The maximum atomic E-state index is 5.27. The molecule has 11 rings (SSSR count). The lowest BCUT2D eigenvalue weighted by Crippen LogP contribution is -2.14. The van der Waals surface area contributed by atoms with Crippen LogP contribution in [0.15, 0.2) is 206 Å². The van der Waals surface area contributed by atoms with Crippen molar-refractivity contribution < 1.29 is 0 Å². The summed E-state index contributed by atoms with van der Waals surface area (Å²) >= 11 is 0. The Hall–Kier alpha value is -7.42. The molecule has 0 atom stereocenters. The van der Waals surface area contributed by atoms with E-state index in [-0.39, 0.29) is 5.41 Å². The smallest absolute Gasteiger partial charge is 0.160 e. The third kappa shape index (κ3) is 5.87. The van der Waals surface area contributed by atoms with Gasteiger partial charge in [-0.25, -0.2) is 9.97 Å². The standard InChI is InChI=1S/C57H40N2/c1-57(2)51-27-15-26-49(55(51)50-34-41-20-9-10-21-42(41)35-52(50)57)46-25-14-12-23-44(46)47-32-33-48(45-24-13-11-22-43(45)47)54-36-53(58-56(59-54)40-18-7-4-8-19-40)39-30-28-38(29-31-39)37-16-5-3-6-17-37/h3-36H,1-2H3. The molecule has 0 N–H and O–H groups in total. The van der Waals surface area contributed by atoms with Gasteiger partial charge in [-0.1, -0.05) is 202 Å². The zero-order valence-electron chi connectivity index (χ0n) is 33.0. The molecule has 10 aromatic rings. The number of nitrogens with zero attached hydrogens (tertiary/aromatic N) is 2. The minimum Gasteiger partial charge on any atom is -0.228 e. The highest BCUT2D eigenvalue weighted by Crippen LogP contribution is 2.54. The van der Waals surface area contributed by atoms with E-state index in [1.165, 1.54) is 71.8 Å². The van der Waals surface area contributed by atoms with E-state index in [1.54, 1.807) is 0 Å². The third-order valence-electron chi connectivity index (χ3n) is 12.3. The van der Waals surface area contributed by atoms with Crippen molar-refractivity contribution >= 4 is 21.5 Å². The van der Waals surface area contributed by atoms with E-state index in [4.69, 9.17) is 9.97 Å². The molecule has 0 aliphatic heterocycles. The summed E-state index contributed by atoms with van der Waals surface area (Å²) in [6.07, 6.45) is 0. The van der Waals surface area contributed by atoms with Crippen LogP contribution in [0.1, 0.15) is 25.0 Å². The van der Waals surface area contributed by atoms with Crippen LogP contribution in [0.2, 0.25) is 0 Å². The van der Waals surface area contributed by atoms with Crippen molar-refractivity contribution in [2.24, 2.45) is 0 Å². The minimum atomic E-state index is -0.118. The topological polar surface area (TPSA) is 25.8 Å². The Morgan fingerprint density at radius 1 is 0.322 bits per heavy atom. The van der Waals surface area contributed by atoms with Crippen molar-refractivity contribution in [2.75, 3.05) is 0 Å². The van der Waals surface area contributed by atoms with E-state index in [0.29, 0.717) is 5.82 Å². The average Bonchev–Trinajstić information content (AvgIpc) is 3.53. The maximum absolute atomic E-state index is 5.27. The fourth-order valence-electron chi connectivity index (χ4n) is 9.32.